The smallest absolute Gasteiger partial charge is 0.115 e. The molecular formula is C36H22N4. The molecule has 2 aromatic heterocycles. The zero-order valence-electron chi connectivity index (χ0n) is 21.5. The summed E-state index contributed by atoms with van der Waals surface area (Å²) in [4.78, 5) is 16.8. The van der Waals surface area contributed by atoms with Gasteiger partial charge in [-0.3, -0.25) is 0 Å². The summed E-state index contributed by atoms with van der Waals surface area (Å²) < 4.78 is 0. The van der Waals surface area contributed by atoms with E-state index in [9.17, 15) is 0 Å². The predicted octanol–water partition coefficient (Wildman–Crippen LogP) is 8.74. The summed E-state index contributed by atoms with van der Waals surface area (Å²) in [5, 5.41) is 2.58. The molecule has 0 amide bonds. The molecule has 0 atom stereocenters. The van der Waals surface area contributed by atoms with Crippen molar-refractivity contribution >= 4 is 10.8 Å². The number of rotatable bonds is 4. The van der Waals surface area contributed by atoms with Gasteiger partial charge in [0.15, 0.2) is 0 Å². The number of hydrogen-bond acceptors (Lipinski definition) is 4. The molecule has 0 radical (unpaired) electrons. The highest BCUT2D eigenvalue weighted by molar-refractivity contribution is 6.19. The van der Waals surface area contributed by atoms with Gasteiger partial charge in [-0.2, -0.15) is 0 Å². The van der Waals surface area contributed by atoms with E-state index in [2.05, 4.69) is 117 Å². The summed E-state index contributed by atoms with van der Waals surface area (Å²) in [7, 11) is 0. The van der Waals surface area contributed by atoms with Gasteiger partial charge >= 0.3 is 0 Å². The van der Waals surface area contributed by atoms with Crippen molar-refractivity contribution in [3.8, 4) is 66.8 Å². The Hall–Kier alpha value is -5.48. The van der Waals surface area contributed by atoms with Crippen molar-refractivity contribution in [1.29, 1.82) is 0 Å². The van der Waals surface area contributed by atoms with Crippen molar-refractivity contribution in [2.24, 2.45) is 0 Å². The molecule has 0 saturated carbocycles. The van der Waals surface area contributed by atoms with Crippen molar-refractivity contribution in [2.75, 3.05) is 0 Å². The maximum absolute atomic E-state index is 4.20. The van der Waals surface area contributed by atoms with Crippen LogP contribution in [0.3, 0.4) is 0 Å². The first-order valence-corrected chi connectivity index (χ1v) is 13.3. The van der Waals surface area contributed by atoms with Crippen LogP contribution < -0.4 is 0 Å². The molecular weight excluding hydrogens is 488 g/mol. The molecule has 40 heavy (non-hydrogen) atoms. The van der Waals surface area contributed by atoms with E-state index in [1.165, 1.54) is 55.3 Å². The Balaban J connectivity index is 1.24. The number of hydrogen-bond donors (Lipinski definition) is 0. The first-order chi connectivity index (χ1) is 19.8. The third kappa shape index (κ3) is 3.62. The second-order valence-corrected chi connectivity index (χ2v) is 10.1. The van der Waals surface area contributed by atoms with E-state index in [4.69, 9.17) is 0 Å². The van der Waals surface area contributed by atoms with Gasteiger partial charge < -0.3 is 0 Å². The van der Waals surface area contributed by atoms with E-state index in [0.717, 1.165) is 22.3 Å². The molecule has 0 spiro atoms. The predicted molar refractivity (Wildman–Crippen MR) is 161 cm³/mol. The molecule has 5 aromatic carbocycles. The lowest BCUT2D eigenvalue weighted by molar-refractivity contribution is 1.17. The summed E-state index contributed by atoms with van der Waals surface area (Å²) in [6, 6.07) is 35.3. The van der Waals surface area contributed by atoms with E-state index in [-0.39, 0.29) is 0 Å². The van der Waals surface area contributed by atoms with Gasteiger partial charge in [0.2, 0.25) is 0 Å². The fourth-order valence-electron chi connectivity index (χ4n) is 5.93. The van der Waals surface area contributed by atoms with Crippen LogP contribution in [0.4, 0.5) is 0 Å². The summed E-state index contributed by atoms with van der Waals surface area (Å²) in [6.45, 7) is 0. The van der Waals surface area contributed by atoms with Crippen molar-refractivity contribution in [3.63, 3.8) is 0 Å². The molecule has 0 N–H and O–H groups in total. The van der Waals surface area contributed by atoms with E-state index in [1.807, 2.05) is 24.8 Å². The molecule has 2 heterocycles. The number of aromatic nitrogens is 4. The third-order valence-electron chi connectivity index (χ3n) is 7.80. The van der Waals surface area contributed by atoms with Crippen LogP contribution in [0.5, 0.6) is 0 Å². The molecule has 4 heteroatoms. The second-order valence-electron chi connectivity index (χ2n) is 10.1. The molecule has 0 aliphatic heterocycles. The van der Waals surface area contributed by atoms with Crippen molar-refractivity contribution < 1.29 is 0 Å². The average molecular weight is 511 g/mol. The number of fused-ring (bicyclic) bond motifs is 3. The van der Waals surface area contributed by atoms with Crippen LogP contribution in [-0.4, -0.2) is 19.9 Å². The summed E-state index contributed by atoms with van der Waals surface area (Å²) in [5.74, 6) is 0. The lowest BCUT2D eigenvalue weighted by Gasteiger charge is -2.11. The topological polar surface area (TPSA) is 51.6 Å². The second kappa shape index (κ2) is 9.07. The molecule has 4 nitrogen and oxygen atoms in total. The fourth-order valence-corrected chi connectivity index (χ4v) is 5.93. The highest BCUT2D eigenvalue weighted by Crippen LogP contribution is 2.50. The lowest BCUT2D eigenvalue weighted by Crippen LogP contribution is -1.86. The summed E-state index contributed by atoms with van der Waals surface area (Å²) in [5.41, 5.74) is 14.2. The number of nitrogens with zero attached hydrogens (tertiary/aromatic N) is 4. The molecule has 7 aromatic rings. The maximum atomic E-state index is 4.20. The van der Waals surface area contributed by atoms with Gasteiger partial charge in [0, 0.05) is 35.9 Å². The third-order valence-corrected chi connectivity index (χ3v) is 7.80. The highest BCUT2D eigenvalue weighted by Gasteiger charge is 2.23. The van der Waals surface area contributed by atoms with Crippen LogP contribution in [0.25, 0.3) is 77.5 Å². The van der Waals surface area contributed by atoms with E-state index in [1.54, 1.807) is 12.7 Å². The standard InChI is InChI=1S/C36H22N4/c1-4-23(14-24(5-1)28-17-37-21-38-18-28)26-10-11-31-34-13-12-30(32-8-3-9-33(36(32)34)35(31)16-26)27-7-2-6-25(15-27)29-19-39-22-40-20-29/h1-22H. The largest absolute Gasteiger partial charge is 0.244 e. The van der Waals surface area contributed by atoms with Crippen molar-refractivity contribution in [2.45, 2.75) is 0 Å². The van der Waals surface area contributed by atoms with Gasteiger partial charge in [0.05, 0.1) is 0 Å². The van der Waals surface area contributed by atoms with Crippen molar-refractivity contribution in [3.05, 3.63) is 135 Å². The molecule has 0 bridgehead atoms. The minimum atomic E-state index is 1.01. The van der Waals surface area contributed by atoms with Crippen LogP contribution in [0.1, 0.15) is 0 Å². The van der Waals surface area contributed by atoms with Crippen LogP contribution in [0.2, 0.25) is 0 Å². The molecule has 186 valence electrons. The zero-order chi connectivity index (χ0) is 26.5. The van der Waals surface area contributed by atoms with Gasteiger partial charge in [-0.15, -0.1) is 0 Å². The monoisotopic (exact) mass is 510 g/mol. The Kier molecular flexibility index (Phi) is 5.10. The molecule has 0 unspecified atom stereocenters. The van der Waals surface area contributed by atoms with E-state index >= 15 is 0 Å². The fraction of sp³-hybridized carbons (Fsp3) is 0. The Morgan fingerprint density at radius 3 is 1.52 bits per heavy atom. The van der Waals surface area contributed by atoms with Gasteiger partial charge in [0.25, 0.3) is 0 Å². The van der Waals surface area contributed by atoms with Gasteiger partial charge in [0.1, 0.15) is 12.7 Å². The Morgan fingerprint density at radius 1 is 0.325 bits per heavy atom. The van der Waals surface area contributed by atoms with E-state index < -0.39 is 0 Å². The normalized spacial score (nSPS) is 11.5. The maximum Gasteiger partial charge on any atom is 0.115 e. The average Bonchev–Trinajstić information content (AvgIpc) is 3.36. The van der Waals surface area contributed by atoms with Crippen LogP contribution in [0, 0.1) is 0 Å². The highest BCUT2D eigenvalue weighted by atomic mass is 14.8. The molecule has 8 rings (SSSR count). The minimum absolute atomic E-state index is 1.01. The van der Waals surface area contributed by atoms with E-state index in [0.29, 0.717) is 0 Å². The first-order valence-electron chi connectivity index (χ1n) is 13.3. The van der Waals surface area contributed by atoms with Crippen molar-refractivity contribution in [1.82, 2.24) is 19.9 Å². The van der Waals surface area contributed by atoms with Gasteiger partial charge in [-0.25, -0.2) is 19.9 Å². The molecule has 1 aliphatic carbocycles. The molecule has 0 fully saturated rings. The van der Waals surface area contributed by atoms with Crippen LogP contribution in [-0.2, 0) is 0 Å². The SMILES string of the molecule is c1cc(-c2cncnc2)cc(-c2ccc3c(c2)-c2cccc4c(-c5cccc(-c6cncnc6)c5)ccc-3c24)c1. The Bertz CT molecular complexity index is 2050. The summed E-state index contributed by atoms with van der Waals surface area (Å²) >= 11 is 0. The summed E-state index contributed by atoms with van der Waals surface area (Å²) in [6.07, 6.45) is 10.6. The van der Waals surface area contributed by atoms with Gasteiger partial charge in [-0.1, -0.05) is 78.9 Å². The Labute approximate surface area is 231 Å². The van der Waals surface area contributed by atoms with Crippen LogP contribution in [0.15, 0.2) is 135 Å². The lowest BCUT2D eigenvalue weighted by atomic mass is 9.93. The molecule has 1 aliphatic rings. The van der Waals surface area contributed by atoms with Crippen LogP contribution >= 0.6 is 0 Å². The Morgan fingerprint density at radius 2 is 0.825 bits per heavy atom. The minimum Gasteiger partial charge on any atom is -0.244 e. The first kappa shape index (κ1) is 22.5. The zero-order valence-corrected chi connectivity index (χ0v) is 21.5. The number of benzene rings is 5. The molecule has 0 saturated heterocycles. The quantitative estimate of drug-likeness (QED) is 0.237. The van der Waals surface area contributed by atoms with Gasteiger partial charge in [-0.05, 0) is 84.6 Å².